The molecule has 0 fully saturated rings. The van der Waals surface area contributed by atoms with Gasteiger partial charge in [-0.15, -0.1) is 0 Å². The van der Waals surface area contributed by atoms with Gasteiger partial charge < -0.3 is 16.0 Å². The molecule has 170 valence electrons. The summed E-state index contributed by atoms with van der Waals surface area (Å²) in [6, 6.07) is 4.36. The second-order valence-corrected chi connectivity index (χ2v) is 9.18. The van der Waals surface area contributed by atoms with Crippen LogP contribution in [0.5, 0.6) is 0 Å². The van der Waals surface area contributed by atoms with E-state index in [2.05, 4.69) is 26.2 Å². The molecular weight excluding hydrogens is 469 g/mol. The summed E-state index contributed by atoms with van der Waals surface area (Å²) in [6.07, 6.45) is 0.00438. The third-order valence-corrected chi connectivity index (χ3v) is 4.97. The number of nitrogen functional groups attached to an aromatic ring is 1. The van der Waals surface area contributed by atoms with Crippen LogP contribution in [0.2, 0.25) is 0 Å². The quantitative estimate of drug-likeness (QED) is 0.492. The standard InChI is InChI=1S/C21H29BrFN5O3/c1-12(2)10-27(8-7-17(29)25-16-6-5-14(22)9-15(16)23)18-19(24)28(11-13(3)4)21(31)26-20(18)30/h5-6,9,12-13H,7-8,10-11,24H2,1-4H3,(H,25,29)(H,26,30,31). The molecule has 0 radical (unpaired) electrons. The molecule has 1 aromatic heterocycles. The van der Waals surface area contributed by atoms with Crippen molar-refractivity contribution < 1.29 is 9.18 Å². The summed E-state index contributed by atoms with van der Waals surface area (Å²) in [5, 5.41) is 2.54. The molecule has 8 nitrogen and oxygen atoms in total. The largest absolute Gasteiger partial charge is 0.383 e. The minimum Gasteiger partial charge on any atom is -0.383 e. The topological polar surface area (TPSA) is 113 Å². The number of hydrogen-bond donors (Lipinski definition) is 3. The van der Waals surface area contributed by atoms with Crippen molar-refractivity contribution in [3.05, 3.63) is 49.3 Å². The van der Waals surface area contributed by atoms with Crippen molar-refractivity contribution >= 4 is 39.0 Å². The fraction of sp³-hybridized carbons (Fsp3) is 0.476. The van der Waals surface area contributed by atoms with Crippen molar-refractivity contribution in [1.29, 1.82) is 0 Å². The Bertz CT molecular complexity index is 1050. The Morgan fingerprint density at radius 1 is 1.26 bits per heavy atom. The summed E-state index contributed by atoms with van der Waals surface area (Å²) >= 11 is 3.17. The number of carbonyl (C=O) groups is 1. The molecule has 1 aromatic carbocycles. The zero-order valence-electron chi connectivity index (χ0n) is 18.2. The maximum absolute atomic E-state index is 14.0. The van der Waals surface area contributed by atoms with E-state index in [1.807, 2.05) is 27.7 Å². The summed E-state index contributed by atoms with van der Waals surface area (Å²) in [4.78, 5) is 41.3. The zero-order valence-corrected chi connectivity index (χ0v) is 19.8. The van der Waals surface area contributed by atoms with Gasteiger partial charge in [0.1, 0.15) is 17.3 Å². The molecule has 2 rings (SSSR count). The average molecular weight is 498 g/mol. The molecule has 0 saturated heterocycles. The summed E-state index contributed by atoms with van der Waals surface area (Å²) < 4.78 is 15.9. The molecule has 0 saturated carbocycles. The van der Waals surface area contributed by atoms with Gasteiger partial charge in [-0.05, 0) is 30.0 Å². The van der Waals surface area contributed by atoms with Gasteiger partial charge >= 0.3 is 5.69 Å². The van der Waals surface area contributed by atoms with Crippen LogP contribution in [-0.2, 0) is 11.3 Å². The first-order chi connectivity index (χ1) is 14.5. The van der Waals surface area contributed by atoms with Gasteiger partial charge in [-0.3, -0.25) is 19.1 Å². The number of anilines is 3. The van der Waals surface area contributed by atoms with Crippen molar-refractivity contribution in [1.82, 2.24) is 9.55 Å². The molecule has 0 aliphatic rings. The van der Waals surface area contributed by atoms with E-state index in [1.54, 1.807) is 11.0 Å². The van der Waals surface area contributed by atoms with Crippen molar-refractivity contribution in [2.75, 3.05) is 29.0 Å². The van der Waals surface area contributed by atoms with E-state index in [9.17, 15) is 18.8 Å². The smallest absolute Gasteiger partial charge is 0.330 e. The van der Waals surface area contributed by atoms with Gasteiger partial charge in [0.15, 0.2) is 0 Å². The van der Waals surface area contributed by atoms with Crippen molar-refractivity contribution in [2.24, 2.45) is 11.8 Å². The number of carbonyl (C=O) groups excluding carboxylic acids is 1. The van der Waals surface area contributed by atoms with Gasteiger partial charge in [0.05, 0.1) is 5.69 Å². The van der Waals surface area contributed by atoms with Gasteiger partial charge in [0, 0.05) is 30.5 Å². The highest BCUT2D eigenvalue weighted by molar-refractivity contribution is 9.10. The Kier molecular flexibility index (Phi) is 8.43. The highest BCUT2D eigenvalue weighted by atomic mass is 79.9. The number of halogens is 2. The molecule has 4 N–H and O–H groups in total. The van der Waals surface area contributed by atoms with E-state index < -0.39 is 23.0 Å². The highest BCUT2D eigenvalue weighted by Gasteiger charge is 2.21. The van der Waals surface area contributed by atoms with Gasteiger partial charge in [-0.25, -0.2) is 9.18 Å². The van der Waals surface area contributed by atoms with Crippen LogP contribution >= 0.6 is 15.9 Å². The summed E-state index contributed by atoms with van der Waals surface area (Å²) in [6.45, 7) is 8.80. The zero-order chi connectivity index (χ0) is 23.3. The van der Waals surface area contributed by atoms with Crippen molar-refractivity contribution in [3.8, 4) is 0 Å². The number of aromatic nitrogens is 2. The third kappa shape index (κ3) is 6.68. The van der Waals surface area contributed by atoms with Gasteiger partial charge in [0.25, 0.3) is 5.56 Å². The van der Waals surface area contributed by atoms with Crippen LogP contribution in [0.15, 0.2) is 32.3 Å². The van der Waals surface area contributed by atoms with E-state index >= 15 is 0 Å². The maximum Gasteiger partial charge on any atom is 0.330 e. The monoisotopic (exact) mass is 497 g/mol. The second-order valence-electron chi connectivity index (χ2n) is 8.26. The maximum atomic E-state index is 14.0. The molecule has 0 atom stereocenters. The predicted octanol–water partition coefficient (Wildman–Crippen LogP) is 3.17. The first-order valence-electron chi connectivity index (χ1n) is 10.1. The number of rotatable bonds is 9. The molecule has 0 bridgehead atoms. The van der Waals surface area contributed by atoms with Gasteiger partial charge in [-0.2, -0.15) is 0 Å². The molecule has 10 heteroatoms. The molecule has 0 aliphatic carbocycles. The van der Waals surface area contributed by atoms with Crippen molar-refractivity contribution in [2.45, 2.75) is 40.7 Å². The lowest BCUT2D eigenvalue weighted by molar-refractivity contribution is -0.116. The predicted molar refractivity (Wildman–Crippen MR) is 125 cm³/mol. The Balaban J connectivity index is 2.27. The fourth-order valence-corrected chi connectivity index (χ4v) is 3.54. The fourth-order valence-electron chi connectivity index (χ4n) is 3.20. The lowest BCUT2D eigenvalue weighted by Crippen LogP contribution is -2.41. The summed E-state index contributed by atoms with van der Waals surface area (Å²) in [5.41, 5.74) is 5.30. The highest BCUT2D eigenvalue weighted by Crippen LogP contribution is 2.21. The molecule has 2 aromatic rings. The third-order valence-electron chi connectivity index (χ3n) is 4.48. The molecular formula is C21H29BrFN5O3. The minimum atomic E-state index is -0.595. The van der Waals surface area contributed by atoms with E-state index in [0.717, 1.165) is 0 Å². The van der Waals surface area contributed by atoms with E-state index in [0.29, 0.717) is 17.6 Å². The van der Waals surface area contributed by atoms with Crippen molar-refractivity contribution in [3.63, 3.8) is 0 Å². The lowest BCUT2D eigenvalue weighted by Gasteiger charge is -2.28. The van der Waals surface area contributed by atoms with E-state index in [-0.39, 0.29) is 42.0 Å². The normalized spacial score (nSPS) is 11.2. The Morgan fingerprint density at radius 3 is 2.52 bits per heavy atom. The van der Waals surface area contributed by atoms with Crippen LogP contribution < -0.4 is 27.2 Å². The number of aromatic amines is 1. The molecule has 1 amide bonds. The second kappa shape index (κ2) is 10.6. The van der Waals surface area contributed by atoms with E-state index in [1.165, 1.54) is 16.7 Å². The lowest BCUT2D eigenvalue weighted by atomic mass is 10.2. The van der Waals surface area contributed by atoms with Crippen LogP contribution in [0.25, 0.3) is 0 Å². The first-order valence-corrected chi connectivity index (χ1v) is 10.9. The first kappa shape index (κ1) is 24.6. The minimum absolute atomic E-state index is 0.00438. The van der Waals surface area contributed by atoms with Crippen LogP contribution in [0, 0.1) is 17.7 Å². The SMILES string of the molecule is CC(C)CN(CCC(=O)Nc1ccc(Br)cc1F)c1c(N)n(CC(C)C)c(=O)[nH]c1=O. The number of nitrogens with two attached hydrogens (primary N) is 1. The number of amides is 1. The molecule has 31 heavy (non-hydrogen) atoms. The number of benzene rings is 1. The molecule has 0 spiro atoms. The number of hydrogen-bond acceptors (Lipinski definition) is 5. The van der Waals surface area contributed by atoms with Crippen LogP contribution in [0.4, 0.5) is 21.6 Å². The average Bonchev–Trinajstić information content (AvgIpc) is 2.64. The molecule has 0 aliphatic heterocycles. The number of H-pyrrole nitrogens is 1. The Labute approximate surface area is 188 Å². The van der Waals surface area contributed by atoms with Gasteiger partial charge in [-0.1, -0.05) is 43.6 Å². The van der Waals surface area contributed by atoms with Crippen LogP contribution in [-0.4, -0.2) is 28.5 Å². The van der Waals surface area contributed by atoms with Crippen LogP contribution in [0.3, 0.4) is 0 Å². The summed E-state index contributed by atoms with van der Waals surface area (Å²) in [5.74, 6) is -0.578. The van der Waals surface area contributed by atoms with Crippen LogP contribution in [0.1, 0.15) is 34.1 Å². The molecule has 1 heterocycles. The van der Waals surface area contributed by atoms with Gasteiger partial charge in [0.2, 0.25) is 5.91 Å². The molecule has 0 unspecified atom stereocenters. The Morgan fingerprint density at radius 2 is 1.94 bits per heavy atom. The summed E-state index contributed by atoms with van der Waals surface area (Å²) in [7, 11) is 0. The number of nitrogens with zero attached hydrogens (tertiary/aromatic N) is 2. The van der Waals surface area contributed by atoms with E-state index in [4.69, 9.17) is 5.73 Å². The Hall–Kier alpha value is -2.62. The number of nitrogens with one attached hydrogen (secondary N) is 2.